The smallest absolute Gasteiger partial charge is 0.129 e. The maximum Gasteiger partial charge on any atom is 0.129 e. The summed E-state index contributed by atoms with van der Waals surface area (Å²) in [4.78, 5) is 0.327. The number of thiocarbonyl (C=S) groups is 1. The molecule has 126 valence electrons. The molecule has 0 aliphatic carbocycles. The third-order valence-electron chi connectivity index (χ3n) is 3.72. The Morgan fingerprint density at radius 2 is 1.32 bits per heavy atom. The van der Waals surface area contributed by atoms with Gasteiger partial charge in [0.2, 0.25) is 0 Å². The second kappa shape index (κ2) is 8.31. The van der Waals surface area contributed by atoms with Gasteiger partial charge in [-0.2, -0.15) is 0 Å². The Bertz CT molecular complexity index is 832. The molecule has 0 saturated heterocycles. The van der Waals surface area contributed by atoms with Gasteiger partial charge >= 0.3 is 0 Å². The lowest BCUT2D eigenvalue weighted by atomic mass is 10.1. The van der Waals surface area contributed by atoms with Crippen LogP contribution in [0.5, 0.6) is 11.5 Å². The summed E-state index contributed by atoms with van der Waals surface area (Å²) in [6.07, 6.45) is 0. The van der Waals surface area contributed by atoms with Crippen LogP contribution in [0, 0.1) is 0 Å². The van der Waals surface area contributed by atoms with Crippen molar-refractivity contribution in [3.8, 4) is 22.6 Å². The molecule has 0 amide bonds. The summed E-state index contributed by atoms with van der Waals surface area (Å²) in [6.45, 7) is 0.858. The zero-order valence-electron chi connectivity index (χ0n) is 13.7. The molecule has 0 atom stereocenters. The highest BCUT2D eigenvalue weighted by molar-refractivity contribution is 7.80. The van der Waals surface area contributed by atoms with Crippen molar-refractivity contribution in [3.05, 3.63) is 84.4 Å². The predicted octanol–water partition coefficient (Wildman–Crippen LogP) is 4.45. The SMILES string of the molecule is NC(=S)c1ccccc1OCCOc1ccc(-c2ccccc2)cc1. The van der Waals surface area contributed by atoms with E-state index >= 15 is 0 Å². The first kappa shape index (κ1) is 17.0. The van der Waals surface area contributed by atoms with Crippen LogP contribution in [-0.4, -0.2) is 18.2 Å². The summed E-state index contributed by atoms with van der Waals surface area (Å²) in [5.41, 5.74) is 8.78. The van der Waals surface area contributed by atoms with Crippen LogP contribution >= 0.6 is 12.2 Å². The first-order valence-corrected chi connectivity index (χ1v) is 8.45. The Balaban J connectivity index is 1.52. The minimum atomic E-state index is 0.327. The van der Waals surface area contributed by atoms with E-state index in [4.69, 9.17) is 27.4 Å². The first-order chi connectivity index (χ1) is 12.2. The normalized spacial score (nSPS) is 10.2. The third kappa shape index (κ3) is 4.58. The van der Waals surface area contributed by atoms with Crippen molar-refractivity contribution >= 4 is 17.2 Å². The van der Waals surface area contributed by atoms with Crippen LogP contribution in [0.2, 0.25) is 0 Å². The summed E-state index contributed by atoms with van der Waals surface area (Å²) in [6, 6.07) is 25.7. The zero-order valence-corrected chi connectivity index (χ0v) is 14.5. The topological polar surface area (TPSA) is 44.5 Å². The predicted molar refractivity (Wildman–Crippen MR) is 105 cm³/mol. The van der Waals surface area contributed by atoms with E-state index in [1.54, 1.807) is 0 Å². The molecule has 0 saturated carbocycles. The Hall–Kier alpha value is -2.85. The van der Waals surface area contributed by atoms with Crippen molar-refractivity contribution in [2.24, 2.45) is 5.73 Å². The van der Waals surface area contributed by atoms with Gasteiger partial charge in [0, 0.05) is 0 Å². The van der Waals surface area contributed by atoms with Crippen LogP contribution in [0.15, 0.2) is 78.9 Å². The molecule has 3 aromatic rings. The second-order valence-electron chi connectivity index (χ2n) is 5.45. The van der Waals surface area contributed by atoms with E-state index < -0.39 is 0 Å². The fraction of sp³-hybridized carbons (Fsp3) is 0.0952. The van der Waals surface area contributed by atoms with Crippen LogP contribution in [0.4, 0.5) is 0 Å². The molecular weight excluding hydrogens is 330 g/mol. The maximum atomic E-state index is 5.73. The lowest BCUT2D eigenvalue weighted by molar-refractivity contribution is 0.217. The van der Waals surface area contributed by atoms with E-state index in [1.807, 2.05) is 66.7 Å². The molecule has 3 rings (SSSR count). The molecule has 0 heterocycles. The number of ether oxygens (including phenoxy) is 2. The molecule has 0 fully saturated rings. The second-order valence-corrected chi connectivity index (χ2v) is 5.89. The van der Waals surface area contributed by atoms with Crippen LogP contribution in [0.1, 0.15) is 5.56 Å². The van der Waals surface area contributed by atoms with Crippen molar-refractivity contribution < 1.29 is 9.47 Å². The minimum absolute atomic E-state index is 0.327. The van der Waals surface area contributed by atoms with E-state index in [0.717, 1.165) is 16.9 Å². The van der Waals surface area contributed by atoms with Gasteiger partial charge in [-0.1, -0.05) is 66.8 Å². The van der Waals surface area contributed by atoms with Gasteiger partial charge in [0.25, 0.3) is 0 Å². The van der Waals surface area contributed by atoms with Crippen molar-refractivity contribution in [2.75, 3.05) is 13.2 Å². The number of hydrogen-bond donors (Lipinski definition) is 1. The van der Waals surface area contributed by atoms with Gasteiger partial charge in [-0.05, 0) is 35.4 Å². The molecule has 0 bridgehead atoms. The molecule has 0 aromatic heterocycles. The molecule has 3 aromatic carbocycles. The molecule has 0 spiro atoms. The van der Waals surface area contributed by atoms with Crippen molar-refractivity contribution in [2.45, 2.75) is 0 Å². The fourth-order valence-electron chi connectivity index (χ4n) is 2.48. The standard InChI is InChI=1S/C21H19NO2S/c22-21(25)19-8-4-5-9-20(19)24-15-14-23-18-12-10-17(11-13-18)16-6-2-1-3-7-16/h1-13H,14-15H2,(H2,22,25). The van der Waals surface area contributed by atoms with Gasteiger partial charge in [0.15, 0.2) is 0 Å². The van der Waals surface area contributed by atoms with E-state index in [1.165, 1.54) is 5.56 Å². The van der Waals surface area contributed by atoms with E-state index in [0.29, 0.717) is 24.0 Å². The van der Waals surface area contributed by atoms with Crippen molar-refractivity contribution in [1.82, 2.24) is 0 Å². The van der Waals surface area contributed by atoms with Crippen molar-refractivity contribution in [1.29, 1.82) is 0 Å². The quantitative estimate of drug-likeness (QED) is 0.506. The minimum Gasteiger partial charge on any atom is -0.490 e. The van der Waals surface area contributed by atoms with Gasteiger partial charge in [-0.15, -0.1) is 0 Å². The Morgan fingerprint density at radius 1 is 0.720 bits per heavy atom. The van der Waals surface area contributed by atoms with E-state index in [2.05, 4.69) is 12.1 Å². The number of hydrogen-bond acceptors (Lipinski definition) is 3. The molecule has 3 nitrogen and oxygen atoms in total. The fourth-order valence-corrected chi connectivity index (χ4v) is 2.65. The molecule has 0 aliphatic heterocycles. The summed E-state index contributed by atoms with van der Waals surface area (Å²) in [7, 11) is 0. The van der Waals surface area contributed by atoms with Crippen LogP contribution < -0.4 is 15.2 Å². The van der Waals surface area contributed by atoms with Crippen LogP contribution in [0.25, 0.3) is 11.1 Å². The zero-order chi connectivity index (χ0) is 17.5. The Labute approximate surface area is 153 Å². The highest BCUT2D eigenvalue weighted by Crippen LogP contribution is 2.22. The number of nitrogens with two attached hydrogens (primary N) is 1. The van der Waals surface area contributed by atoms with Gasteiger partial charge in [-0.3, -0.25) is 0 Å². The lowest BCUT2D eigenvalue weighted by Crippen LogP contribution is -2.14. The highest BCUT2D eigenvalue weighted by atomic mass is 32.1. The number of para-hydroxylation sites is 1. The average Bonchev–Trinajstić information content (AvgIpc) is 2.66. The van der Waals surface area contributed by atoms with Crippen LogP contribution in [-0.2, 0) is 0 Å². The molecule has 0 unspecified atom stereocenters. The molecule has 0 radical (unpaired) electrons. The third-order valence-corrected chi connectivity index (χ3v) is 3.94. The summed E-state index contributed by atoms with van der Waals surface area (Å²) in [5.74, 6) is 1.49. The van der Waals surface area contributed by atoms with Gasteiger partial charge in [0.05, 0.1) is 5.56 Å². The summed E-state index contributed by atoms with van der Waals surface area (Å²) >= 11 is 5.02. The monoisotopic (exact) mass is 349 g/mol. The molecule has 2 N–H and O–H groups in total. The van der Waals surface area contributed by atoms with Gasteiger partial charge in [-0.25, -0.2) is 0 Å². The van der Waals surface area contributed by atoms with Crippen LogP contribution in [0.3, 0.4) is 0 Å². The maximum absolute atomic E-state index is 5.73. The average molecular weight is 349 g/mol. The molecule has 4 heteroatoms. The molecular formula is C21H19NO2S. The molecule has 0 aliphatic rings. The van der Waals surface area contributed by atoms with Gasteiger partial charge < -0.3 is 15.2 Å². The van der Waals surface area contributed by atoms with Gasteiger partial charge in [0.1, 0.15) is 29.7 Å². The highest BCUT2D eigenvalue weighted by Gasteiger charge is 2.05. The summed E-state index contributed by atoms with van der Waals surface area (Å²) < 4.78 is 11.5. The number of rotatable bonds is 7. The first-order valence-electron chi connectivity index (χ1n) is 8.04. The lowest BCUT2D eigenvalue weighted by Gasteiger charge is -2.11. The Kier molecular flexibility index (Phi) is 5.65. The molecule has 25 heavy (non-hydrogen) atoms. The largest absolute Gasteiger partial charge is 0.490 e. The van der Waals surface area contributed by atoms with E-state index in [-0.39, 0.29) is 0 Å². The van der Waals surface area contributed by atoms with Crippen molar-refractivity contribution in [3.63, 3.8) is 0 Å². The Morgan fingerprint density at radius 3 is 2.04 bits per heavy atom. The summed E-state index contributed by atoms with van der Waals surface area (Å²) in [5, 5.41) is 0. The number of benzene rings is 3. The van der Waals surface area contributed by atoms with E-state index in [9.17, 15) is 0 Å².